The van der Waals surface area contributed by atoms with Gasteiger partial charge in [-0.15, -0.1) is 0 Å². The summed E-state index contributed by atoms with van der Waals surface area (Å²) < 4.78 is 0. The summed E-state index contributed by atoms with van der Waals surface area (Å²) in [6.45, 7) is 12.9. The fourth-order valence-corrected chi connectivity index (χ4v) is 2.11. The van der Waals surface area contributed by atoms with Crippen LogP contribution < -0.4 is 5.32 Å². The normalized spacial score (nSPS) is 12.9. The minimum atomic E-state index is 0.623. The van der Waals surface area contributed by atoms with Gasteiger partial charge in [-0.3, -0.25) is 9.88 Å². The molecule has 108 valence electrons. The van der Waals surface area contributed by atoms with Gasteiger partial charge in [0.25, 0.3) is 0 Å². The molecule has 0 saturated heterocycles. The van der Waals surface area contributed by atoms with E-state index in [1.54, 1.807) is 0 Å². The first-order valence-corrected chi connectivity index (χ1v) is 7.59. The van der Waals surface area contributed by atoms with Gasteiger partial charge in [0.2, 0.25) is 0 Å². The molecule has 0 aliphatic rings. The zero-order chi connectivity index (χ0) is 14.1. The summed E-state index contributed by atoms with van der Waals surface area (Å²) in [5, 5.41) is 3.40. The van der Waals surface area contributed by atoms with Crippen LogP contribution in [-0.4, -0.2) is 29.0 Å². The molecule has 0 aliphatic carbocycles. The van der Waals surface area contributed by atoms with Gasteiger partial charge in [0.15, 0.2) is 0 Å². The van der Waals surface area contributed by atoms with Crippen molar-refractivity contribution in [2.75, 3.05) is 13.1 Å². The predicted octanol–water partition coefficient (Wildman–Crippen LogP) is 3.20. The van der Waals surface area contributed by atoms with Crippen molar-refractivity contribution >= 4 is 0 Å². The van der Waals surface area contributed by atoms with Crippen LogP contribution in [0.2, 0.25) is 0 Å². The van der Waals surface area contributed by atoms with Crippen molar-refractivity contribution in [1.29, 1.82) is 0 Å². The summed E-state index contributed by atoms with van der Waals surface area (Å²) in [6.07, 6.45) is 4.36. The number of hydrogen-bond acceptors (Lipinski definition) is 3. The third-order valence-electron chi connectivity index (χ3n) is 3.63. The first-order chi connectivity index (χ1) is 9.21. The average Bonchev–Trinajstić information content (AvgIpc) is 2.45. The van der Waals surface area contributed by atoms with E-state index in [-0.39, 0.29) is 0 Å². The SMILES string of the molecule is CCCNCc1ccc(CN(CC)C(C)CC)nc1. The Balaban J connectivity index is 2.51. The number of hydrogen-bond donors (Lipinski definition) is 1. The Bertz CT molecular complexity index is 334. The fourth-order valence-electron chi connectivity index (χ4n) is 2.11. The topological polar surface area (TPSA) is 28.2 Å². The van der Waals surface area contributed by atoms with Crippen LogP contribution in [0.5, 0.6) is 0 Å². The quantitative estimate of drug-likeness (QED) is 0.693. The molecule has 1 unspecified atom stereocenters. The Labute approximate surface area is 118 Å². The molecule has 0 fully saturated rings. The van der Waals surface area contributed by atoms with Crippen LogP contribution in [0.15, 0.2) is 18.3 Å². The second-order valence-corrected chi connectivity index (χ2v) is 5.15. The number of pyridine rings is 1. The van der Waals surface area contributed by atoms with Gasteiger partial charge >= 0.3 is 0 Å². The summed E-state index contributed by atoms with van der Waals surface area (Å²) >= 11 is 0. The summed E-state index contributed by atoms with van der Waals surface area (Å²) in [6, 6.07) is 4.97. The van der Waals surface area contributed by atoms with E-state index >= 15 is 0 Å². The molecule has 0 aromatic carbocycles. The van der Waals surface area contributed by atoms with Crippen LogP contribution in [0.1, 0.15) is 51.8 Å². The summed E-state index contributed by atoms with van der Waals surface area (Å²) in [5.74, 6) is 0. The molecular weight excluding hydrogens is 234 g/mol. The van der Waals surface area contributed by atoms with E-state index < -0.39 is 0 Å². The van der Waals surface area contributed by atoms with Gasteiger partial charge in [-0.25, -0.2) is 0 Å². The van der Waals surface area contributed by atoms with E-state index in [4.69, 9.17) is 0 Å². The Morgan fingerprint density at radius 3 is 2.58 bits per heavy atom. The van der Waals surface area contributed by atoms with E-state index in [0.717, 1.165) is 26.2 Å². The number of aromatic nitrogens is 1. The Hall–Kier alpha value is -0.930. The highest BCUT2D eigenvalue weighted by molar-refractivity contribution is 5.14. The predicted molar refractivity (Wildman–Crippen MR) is 82.1 cm³/mol. The van der Waals surface area contributed by atoms with Gasteiger partial charge in [-0.2, -0.15) is 0 Å². The number of nitrogens with one attached hydrogen (secondary N) is 1. The summed E-state index contributed by atoms with van der Waals surface area (Å²) in [4.78, 5) is 7.05. The van der Waals surface area contributed by atoms with Gasteiger partial charge in [-0.1, -0.05) is 26.8 Å². The molecule has 0 amide bonds. The van der Waals surface area contributed by atoms with Crippen molar-refractivity contribution in [3.8, 4) is 0 Å². The van der Waals surface area contributed by atoms with Crippen molar-refractivity contribution < 1.29 is 0 Å². The van der Waals surface area contributed by atoms with Crippen LogP contribution in [-0.2, 0) is 13.1 Å². The van der Waals surface area contributed by atoms with E-state index in [1.165, 1.54) is 24.1 Å². The maximum absolute atomic E-state index is 4.58. The highest BCUT2D eigenvalue weighted by Crippen LogP contribution is 2.09. The molecule has 1 rings (SSSR count). The fraction of sp³-hybridized carbons (Fsp3) is 0.688. The van der Waals surface area contributed by atoms with Gasteiger partial charge in [-0.05, 0) is 44.5 Å². The molecule has 0 aliphatic heterocycles. The molecule has 1 atom stereocenters. The zero-order valence-corrected chi connectivity index (χ0v) is 12.9. The van der Waals surface area contributed by atoms with Crippen molar-refractivity contribution in [3.63, 3.8) is 0 Å². The standard InChI is InChI=1S/C16H29N3/c1-5-10-17-11-15-8-9-16(18-12-15)13-19(7-3)14(4)6-2/h8-9,12,14,17H,5-7,10-11,13H2,1-4H3. The van der Waals surface area contributed by atoms with Gasteiger partial charge in [0.05, 0.1) is 5.69 Å². The molecule has 1 aromatic rings. The van der Waals surface area contributed by atoms with E-state index in [9.17, 15) is 0 Å². The molecule has 0 spiro atoms. The third kappa shape index (κ3) is 5.70. The summed E-state index contributed by atoms with van der Waals surface area (Å²) in [5.41, 5.74) is 2.44. The molecule has 3 nitrogen and oxygen atoms in total. The molecule has 1 heterocycles. The Morgan fingerprint density at radius 1 is 1.26 bits per heavy atom. The highest BCUT2D eigenvalue weighted by atomic mass is 15.1. The van der Waals surface area contributed by atoms with E-state index in [0.29, 0.717) is 6.04 Å². The average molecular weight is 263 g/mol. The first-order valence-electron chi connectivity index (χ1n) is 7.59. The van der Waals surface area contributed by atoms with Crippen LogP contribution in [0.25, 0.3) is 0 Å². The maximum atomic E-state index is 4.58. The minimum Gasteiger partial charge on any atom is -0.313 e. The zero-order valence-electron chi connectivity index (χ0n) is 12.9. The van der Waals surface area contributed by atoms with Crippen molar-refractivity contribution in [1.82, 2.24) is 15.2 Å². The molecule has 0 saturated carbocycles. The smallest absolute Gasteiger partial charge is 0.0544 e. The third-order valence-corrected chi connectivity index (χ3v) is 3.63. The minimum absolute atomic E-state index is 0.623. The lowest BCUT2D eigenvalue weighted by Crippen LogP contribution is -2.32. The molecule has 1 N–H and O–H groups in total. The molecule has 1 aromatic heterocycles. The molecular formula is C16H29N3. The van der Waals surface area contributed by atoms with Crippen molar-refractivity contribution in [2.45, 2.75) is 59.7 Å². The van der Waals surface area contributed by atoms with E-state index in [2.05, 4.69) is 55.0 Å². The lowest BCUT2D eigenvalue weighted by molar-refractivity contribution is 0.203. The largest absolute Gasteiger partial charge is 0.313 e. The van der Waals surface area contributed by atoms with E-state index in [1.807, 2.05) is 6.20 Å². The van der Waals surface area contributed by atoms with Gasteiger partial charge in [0.1, 0.15) is 0 Å². The van der Waals surface area contributed by atoms with Crippen LogP contribution in [0, 0.1) is 0 Å². The second-order valence-electron chi connectivity index (χ2n) is 5.15. The van der Waals surface area contributed by atoms with Crippen molar-refractivity contribution in [2.24, 2.45) is 0 Å². The summed E-state index contributed by atoms with van der Waals surface area (Å²) in [7, 11) is 0. The van der Waals surface area contributed by atoms with Crippen LogP contribution >= 0.6 is 0 Å². The maximum Gasteiger partial charge on any atom is 0.0544 e. The highest BCUT2D eigenvalue weighted by Gasteiger charge is 2.10. The molecule has 3 heteroatoms. The molecule has 19 heavy (non-hydrogen) atoms. The van der Waals surface area contributed by atoms with Crippen LogP contribution in [0.3, 0.4) is 0 Å². The van der Waals surface area contributed by atoms with Crippen molar-refractivity contribution in [3.05, 3.63) is 29.6 Å². The molecule has 0 radical (unpaired) electrons. The van der Waals surface area contributed by atoms with Crippen LogP contribution in [0.4, 0.5) is 0 Å². The first kappa shape index (κ1) is 16.1. The lowest BCUT2D eigenvalue weighted by Gasteiger charge is -2.26. The van der Waals surface area contributed by atoms with Gasteiger partial charge < -0.3 is 5.32 Å². The molecule has 0 bridgehead atoms. The Kier molecular flexibility index (Phi) is 7.68. The monoisotopic (exact) mass is 263 g/mol. The number of rotatable bonds is 9. The van der Waals surface area contributed by atoms with Gasteiger partial charge in [0, 0.05) is 25.3 Å². The lowest BCUT2D eigenvalue weighted by atomic mass is 10.2. The second kappa shape index (κ2) is 9.05. The number of nitrogens with zero attached hydrogens (tertiary/aromatic N) is 2. The Morgan fingerprint density at radius 2 is 2.05 bits per heavy atom.